The van der Waals surface area contributed by atoms with Crippen molar-refractivity contribution in [1.82, 2.24) is 0 Å². The summed E-state index contributed by atoms with van der Waals surface area (Å²) in [6.45, 7) is 2.29. The summed E-state index contributed by atoms with van der Waals surface area (Å²) in [6, 6.07) is 3.88. The van der Waals surface area contributed by atoms with Gasteiger partial charge in [-0.05, 0) is 66.7 Å². The monoisotopic (exact) mass is 360 g/mol. The van der Waals surface area contributed by atoms with E-state index >= 15 is 0 Å². The lowest BCUT2D eigenvalue weighted by Crippen LogP contribution is -2.16. The van der Waals surface area contributed by atoms with Crippen LogP contribution in [-0.4, -0.2) is 0 Å². The third kappa shape index (κ3) is 5.66. The van der Waals surface area contributed by atoms with Crippen LogP contribution in [0.2, 0.25) is 0 Å². The number of allylic oxidation sites excluding steroid dienone is 2. The van der Waals surface area contributed by atoms with Crippen molar-refractivity contribution in [1.29, 1.82) is 0 Å². The summed E-state index contributed by atoms with van der Waals surface area (Å²) >= 11 is 0. The topological polar surface area (TPSA) is 0 Å². The van der Waals surface area contributed by atoms with E-state index in [9.17, 15) is 8.78 Å². The maximum Gasteiger partial charge on any atom is 0.126 e. The van der Waals surface area contributed by atoms with E-state index in [2.05, 4.69) is 13.0 Å². The van der Waals surface area contributed by atoms with Crippen molar-refractivity contribution in [2.24, 2.45) is 17.8 Å². The molecule has 0 aromatic heterocycles. The molecule has 2 aliphatic rings. The van der Waals surface area contributed by atoms with Crippen LogP contribution in [-0.2, 0) is 0 Å². The van der Waals surface area contributed by atoms with Gasteiger partial charge in [-0.2, -0.15) is 0 Å². The van der Waals surface area contributed by atoms with Crippen molar-refractivity contribution < 1.29 is 8.78 Å². The molecule has 0 heterocycles. The number of hydrogen-bond acceptors (Lipinski definition) is 0. The lowest BCUT2D eigenvalue weighted by Gasteiger charge is -2.30. The maximum atomic E-state index is 13.4. The van der Waals surface area contributed by atoms with Gasteiger partial charge in [0.2, 0.25) is 0 Å². The Morgan fingerprint density at radius 2 is 1.42 bits per heavy atom. The summed E-state index contributed by atoms with van der Waals surface area (Å²) in [5.41, 5.74) is 1.85. The zero-order valence-electron chi connectivity index (χ0n) is 16.3. The SMILES string of the molecule is CCCCC1CCC(CCC2CC=C(c3cc(F)cc(F)c3)CC2)CC1. The average molecular weight is 361 g/mol. The van der Waals surface area contributed by atoms with E-state index in [-0.39, 0.29) is 0 Å². The van der Waals surface area contributed by atoms with Crippen LogP contribution in [0.25, 0.3) is 5.57 Å². The summed E-state index contributed by atoms with van der Waals surface area (Å²) in [6.07, 6.45) is 18.1. The summed E-state index contributed by atoms with van der Waals surface area (Å²) in [4.78, 5) is 0. The van der Waals surface area contributed by atoms with Crippen molar-refractivity contribution in [3.63, 3.8) is 0 Å². The largest absolute Gasteiger partial charge is 0.207 e. The first-order chi connectivity index (χ1) is 12.6. The van der Waals surface area contributed by atoms with E-state index in [1.807, 2.05) is 0 Å². The number of benzene rings is 1. The van der Waals surface area contributed by atoms with Gasteiger partial charge >= 0.3 is 0 Å². The quantitative estimate of drug-likeness (QED) is 0.463. The molecule has 144 valence electrons. The molecule has 26 heavy (non-hydrogen) atoms. The van der Waals surface area contributed by atoms with E-state index in [4.69, 9.17) is 0 Å². The lowest BCUT2D eigenvalue weighted by molar-refractivity contribution is 0.235. The van der Waals surface area contributed by atoms with Crippen LogP contribution in [0.5, 0.6) is 0 Å². The fourth-order valence-electron chi connectivity index (χ4n) is 4.93. The van der Waals surface area contributed by atoms with Crippen molar-refractivity contribution in [3.05, 3.63) is 41.5 Å². The maximum absolute atomic E-state index is 13.4. The summed E-state index contributed by atoms with van der Waals surface area (Å²) in [5, 5.41) is 0. The number of unbranched alkanes of at least 4 members (excludes halogenated alkanes) is 1. The van der Waals surface area contributed by atoms with Crippen molar-refractivity contribution in [3.8, 4) is 0 Å². The molecule has 0 bridgehead atoms. The molecule has 1 fully saturated rings. The van der Waals surface area contributed by atoms with Crippen molar-refractivity contribution >= 4 is 5.57 Å². The minimum Gasteiger partial charge on any atom is -0.207 e. The van der Waals surface area contributed by atoms with Crippen LogP contribution in [0, 0.1) is 29.4 Å². The van der Waals surface area contributed by atoms with Crippen LogP contribution in [0.4, 0.5) is 8.78 Å². The van der Waals surface area contributed by atoms with Crippen molar-refractivity contribution in [2.45, 2.75) is 84.0 Å². The van der Waals surface area contributed by atoms with Gasteiger partial charge in [0, 0.05) is 6.07 Å². The molecule has 1 saturated carbocycles. The molecule has 0 N–H and O–H groups in total. The van der Waals surface area contributed by atoms with E-state index in [0.29, 0.717) is 0 Å². The fraction of sp³-hybridized carbons (Fsp3) is 0.667. The first-order valence-corrected chi connectivity index (χ1v) is 10.8. The van der Waals surface area contributed by atoms with Gasteiger partial charge in [0.25, 0.3) is 0 Å². The normalized spacial score (nSPS) is 26.6. The highest BCUT2D eigenvalue weighted by Gasteiger charge is 2.22. The minimum atomic E-state index is -0.474. The van der Waals surface area contributed by atoms with Gasteiger partial charge in [0.1, 0.15) is 11.6 Å². The zero-order chi connectivity index (χ0) is 18.4. The second kappa shape index (κ2) is 9.67. The first-order valence-electron chi connectivity index (χ1n) is 10.8. The summed E-state index contributed by atoms with van der Waals surface area (Å²) < 4.78 is 26.8. The van der Waals surface area contributed by atoms with Gasteiger partial charge in [-0.1, -0.05) is 64.4 Å². The summed E-state index contributed by atoms with van der Waals surface area (Å²) in [7, 11) is 0. The Labute approximate surface area is 158 Å². The third-order valence-corrected chi connectivity index (χ3v) is 6.67. The Morgan fingerprint density at radius 1 is 0.808 bits per heavy atom. The second-order valence-electron chi connectivity index (χ2n) is 8.63. The van der Waals surface area contributed by atoms with Gasteiger partial charge in [0.05, 0.1) is 0 Å². The van der Waals surface area contributed by atoms with Crippen LogP contribution < -0.4 is 0 Å². The molecule has 3 rings (SSSR count). The highest BCUT2D eigenvalue weighted by Crippen LogP contribution is 2.38. The molecule has 0 spiro atoms. The molecule has 1 aromatic carbocycles. The molecule has 0 nitrogen and oxygen atoms in total. The molecule has 1 atom stereocenters. The van der Waals surface area contributed by atoms with Crippen LogP contribution in [0.1, 0.15) is 89.5 Å². The second-order valence-corrected chi connectivity index (χ2v) is 8.63. The molecule has 1 aromatic rings. The molecule has 0 radical (unpaired) electrons. The highest BCUT2D eigenvalue weighted by atomic mass is 19.1. The van der Waals surface area contributed by atoms with E-state index in [0.717, 1.165) is 54.2 Å². The molecule has 2 aliphatic carbocycles. The summed E-state index contributed by atoms with van der Waals surface area (Å²) in [5.74, 6) is 1.75. The average Bonchev–Trinajstić information content (AvgIpc) is 2.65. The third-order valence-electron chi connectivity index (χ3n) is 6.67. The molecule has 0 saturated heterocycles. The lowest BCUT2D eigenvalue weighted by atomic mass is 9.76. The van der Waals surface area contributed by atoms with Crippen molar-refractivity contribution in [2.75, 3.05) is 0 Å². The Morgan fingerprint density at radius 3 is 2.00 bits per heavy atom. The molecule has 0 aliphatic heterocycles. The highest BCUT2D eigenvalue weighted by molar-refractivity contribution is 5.66. The number of rotatable bonds is 7. The smallest absolute Gasteiger partial charge is 0.126 e. The fourth-order valence-corrected chi connectivity index (χ4v) is 4.93. The van der Waals surface area contributed by atoms with Crippen LogP contribution >= 0.6 is 0 Å². The van der Waals surface area contributed by atoms with E-state index in [1.54, 1.807) is 0 Å². The van der Waals surface area contributed by atoms with Gasteiger partial charge in [-0.15, -0.1) is 0 Å². The van der Waals surface area contributed by atoms with Crippen LogP contribution in [0.15, 0.2) is 24.3 Å². The molecule has 2 heteroatoms. The Hall–Kier alpha value is -1.18. The predicted molar refractivity (Wildman–Crippen MR) is 106 cm³/mol. The Kier molecular flexibility index (Phi) is 7.28. The minimum absolute atomic E-state index is 0.474. The van der Waals surface area contributed by atoms with Gasteiger partial charge in [-0.25, -0.2) is 8.78 Å². The zero-order valence-corrected chi connectivity index (χ0v) is 16.3. The molecular weight excluding hydrogens is 326 g/mol. The first kappa shape index (κ1) is 19.6. The number of hydrogen-bond donors (Lipinski definition) is 0. The van der Waals surface area contributed by atoms with Crippen LogP contribution in [0.3, 0.4) is 0 Å². The molecular formula is C24H34F2. The Bertz CT molecular complexity index is 576. The standard InChI is InChI=1S/C24H34F2/c1-2-3-4-18-5-7-19(8-6-18)9-10-20-11-13-21(14-12-20)22-15-23(25)17-24(26)16-22/h13,15-20H,2-12,14H2,1H3. The molecule has 1 unspecified atom stereocenters. The van der Waals surface area contributed by atoms with Gasteiger partial charge < -0.3 is 0 Å². The predicted octanol–water partition coefficient (Wildman–Crippen LogP) is 7.93. The number of halogens is 2. The Balaban J connectivity index is 1.41. The van der Waals surface area contributed by atoms with Gasteiger partial charge in [0.15, 0.2) is 0 Å². The van der Waals surface area contributed by atoms with E-state index in [1.165, 1.54) is 69.9 Å². The van der Waals surface area contributed by atoms with E-state index < -0.39 is 11.6 Å². The molecule has 0 amide bonds. The van der Waals surface area contributed by atoms with Gasteiger partial charge in [-0.3, -0.25) is 0 Å².